The number of aliphatic carboxylic acids is 1. The van der Waals surface area contributed by atoms with Gasteiger partial charge in [0.25, 0.3) is 11.6 Å². The van der Waals surface area contributed by atoms with Gasteiger partial charge in [-0.2, -0.15) is 10.1 Å². The van der Waals surface area contributed by atoms with Crippen molar-refractivity contribution in [3.05, 3.63) is 34.4 Å². The summed E-state index contributed by atoms with van der Waals surface area (Å²) >= 11 is 0. The van der Waals surface area contributed by atoms with Crippen LogP contribution >= 0.6 is 0 Å². The van der Waals surface area contributed by atoms with Gasteiger partial charge in [-0.05, 0) is 6.07 Å². The third-order valence-corrected chi connectivity index (χ3v) is 2.49. The lowest BCUT2D eigenvalue weighted by atomic mass is 10.2. The Bertz CT molecular complexity index is 596. The minimum atomic E-state index is -1.10. The van der Waals surface area contributed by atoms with Crippen molar-refractivity contribution in [3.63, 3.8) is 0 Å². The number of hydrogen-bond acceptors (Lipinski definition) is 5. The Morgan fingerprint density at radius 1 is 1.47 bits per heavy atom. The van der Waals surface area contributed by atoms with Crippen molar-refractivity contribution in [2.75, 3.05) is 5.01 Å². The molecule has 1 aromatic carbocycles. The molecule has 0 saturated carbocycles. The SMILES string of the molecule is O=C(O)CC1=NN(c2ccccc2[N+](=O)[O-])C(=O)C1. The average molecular weight is 263 g/mol. The summed E-state index contributed by atoms with van der Waals surface area (Å²) in [6.07, 6.45) is -0.499. The Morgan fingerprint density at radius 3 is 2.79 bits per heavy atom. The monoisotopic (exact) mass is 263 g/mol. The van der Waals surface area contributed by atoms with Gasteiger partial charge in [-0.25, -0.2) is 0 Å². The molecule has 8 heteroatoms. The summed E-state index contributed by atoms with van der Waals surface area (Å²) in [6, 6.07) is 5.67. The number of anilines is 1. The van der Waals surface area contributed by atoms with E-state index in [-0.39, 0.29) is 29.9 Å². The Balaban J connectivity index is 2.37. The van der Waals surface area contributed by atoms with Crippen LogP contribution < -0.4 is 5.01 Å². The van der Waals surface area contributed by atoms with Crippen LogP contribution in [-0.2, 0) is 9.59 Å². The number of rotatable bonds is 4. The van der Waals surface area contributed by atoms with E-state index in [0.29, 0.717) is 0 Å². The second kappa shape index (κ2) is 4.84. The van der Waals surface area contributed by atoms with Gasteiger partial charge in [0.1, 0.15) is 5.69 Å². The zero-order valence-corrected chi connectivity index (χ0v) is 9.65. The first kappa shape index (κ1) is 12.7. The number of carbonyl (C=O) groups excluding carboxylic acids is 1. The van der Waals surface area contributed by atoms with Crippen LogP contribution in [0.4, 0.5) is 11.4 Å². The fourth-order valence-electron chi connectivity index (χ4n) is 1.74. The fourth-order valence-corrected chi connectivity index (χ4v) is 1.74. The number of benzene rings is 1. The lowest BCUT2D eigenvalue weighted by Crippen LogP contribution is -2.20. The molecule has 0 saturated heterocycles. The molecule has 8 nitrogen and oxygen atoms in total. The maximum atomic E-state index is 11.7. The molecule has 1 heterocycles. The van der Waals surface area contributed by atoms with Crippen LogP contribution in [0.15, 0.2) is 29.4 Å². The van der Waals surface area contributed by atoms with E-state index >= 15 is 0 Å². The number of nitro groups is 1. The first-order valence-electron chi connectivity index (χ1n) is 5.33. The maximum Gasteiger partial charge on any atom is 0.309 e. The number of hydrazone groups is 1. The van der Waals surface area contributed by atoms with Gasteiger partial charge >= 0.3 is 5.97 Å². The smallest absolute Gasteiger partial charge is 0.309 e. The second-order valence-corrected chi connectivity index (χ2v) is 3.86. The van der Waals surface area contributed by atoms with Crippen LogP contribution in [0.25, 0.3) is 0 Å². The molecule has 0 aromatic heterocycles. The summed E-state index contributed by atoms with van der Waals surface area (Å²) < 4.78 is 0. The molecule has 1 amide bonds. The van der Waals surface area contributed by atoms with Crippen molar-refractivity contribution >= 4 is 29.0 Å². The van der Waals surface area contributed by atoms with Crippen molar-refractivity contribution in [2.45, 2.75) is 12.8 Å². The summed E-state index contributed by atoms with van der Waals surface area (Å²) in [5, 5.41) is 24.2. The number of carboxylic acids is 1. The molecule has 0 bridgehead atoms. The van der Waals surface area contributed by atoms with E-state index in [9.17, 15) is 19.7 Å². The number of carboxylic acid groups (broad SMARTS) is 1. The minimum absolute atomic E-state index is 0.0397. The highest BCUT2D eigenvalue weighted by Crippen LogP contribution is 2.30. The topological polar surface area (TPSA) is 113 Å². The van der Waals surface area contributed by atoms with Gasteiger partial charge in [0.15, 0.2) is 0 Å². The van der Waals surface area contributed by atoms with E-state index in [1.54, 1.807) is 6.07 Å². The predicted octanol–water partition coefficient (Wildman–Crippen LogP) is 1.16. The molecule has 0 radical (unpaired) electrons. The number of hydrogen-bond donors (Lipinski definition) is 1. The van der Waals surface area contributed by atoms with Crippen LogP contribution in [0.2, 0.25) is 0 Å². The maximum absolute atomic E-state index is 11.7. The number of para-hydroxylation sites is 2. The summed E-state index contributed by atoms with van der Waals surface area (Å²) in [7, 11) is 0. The first-order valence-corrected chi connectivity index (χ1v) is 5.33. The van der Waals surface area contributed by atoms with E-state index in [2.05, 4.69) is 5.10 Å². The van der Waals surface area contributed by atoms with E-state index in [0.717, 1.165) is 5.01 Å². The number of nitrogens with zero attached hydrogens (tertiary/aromatic N) is 3. The standard InChI is InChI=1S/C11H9N3O5/c15-10-5-7(6-11(16)17)12-13(10)8-3-1-2-4-9(8)14(18)19/h1-4H,5-6H2,(H,16,17). The highest BCUT2D eigenvalue weighted by atomic mass is 16.6. The predicted molar refractivity (Wildman–Crippen MR) is 64.9 cm³/mol. The summed E-state index contributed by atoms with van der Waals surface area (Å²) in [5.74, 6) is -1.58. The minimum Gasteiger partial charge on any atom is -0.481 e. The molecule has 0 aliphatic carbocycles. The third-order valence-electron chi connectivity index (χ3n) is 2.49. The van der Waals surface area contributed by atoms with Crippen molar-refractivity contribution in [3.8, 4) is 0 Å². The van der Waals surface area contributed by atoms with Crippen molar-refractivity contribution < 1.29 is 19.6 Å². The highest BCUT2D eigenvalue weighted by molar-refractivity contribution is 6.17. The normalized spacial score (nSPS) is 14.4. The van der Waals surface area contributed by atoms with Crippen molar-refractivity contribution in [2.24, 2.45) is 5.10 Å². The molecule has 0 fully saturated rings. The van der Waals surface area contributed by atoms with Gasteiger partial charge in [-0.1, -0.05) is 12.1 Å². The fraction of sp³-hybridized carbons (Fsp3) is 0.182. The van der Waals surface area contributed by atoms with Gasteiger partial charge in [0.2, 0.25) is 0 Å². The molecule has 19 heavy (non-hydrogen) atoms. The molecule has 0 spiro atoms. The van der Waals surface area contributed by atoms with E-state index in [4.69, 9.17) is 5.11 Å². The Labute approximate surface area is 107 Å². The molecule has 0 unspecified atom stereocenters. The largest absolute Gasteiger partial charge is 0.481 e. The highest BCUT2D eigenvalue weighted by Gasteiger charge is 2.30. The Kier molecular flexibility index (Phi) is 3.23. The third kappa shape index (κ3) is 2.57. The summed E-state index contributed by atoms with van der Waals surface area (Å²) in [6.45, 7) is 0. The van der Waals surface area contributed by atoms with Gasteiger partial charge < -0.3 is 5.11 Å². The quantitative estimate of drug-likeness (QED) is 0.646. The molecule has 1 aliphatic heterocycles. The van der Waals surface area contributed by atoms with Crippen LogP contribution in [-0.4, -0.2) is 27.6 Å². The van der Waals surface area contributed by atoms with Crippen LogP contribution in [0.1, 0.15) is 12.8 Å². The zero-order valence-electron chi connectivity index (χ0n) is 9.65. The molecule has 1 aliphatic rings. The Morgan fingerprint density at radius 2 is 2.16 bits per heavy atom. The van der Waals surface area contributed by atoms with E-state index in [1.165, 1.54) is 18.2 Å². The number of amides is 1. The number of carbonyl (C=O) groups is 2. The summed E-state index contributed by atoms with van der Waals surface area (Å²) in [4.78, 5) is 32.6. The van der Waals surface area contributed by atoms with Crippen LogP contribution in [0.5, 0.6) is 0 Å². The lowest BCUT2D eigenvalue weighted by Gasteiger charge is -2.11. The summed E-state index contributed by atoms with van der Waals surface area (Å²) in [5.41, 5.74) is -0.0373. The number of nitro benzene ring substituents is 1. The molecule has 2 rings (SSSR count). The molecule has 0 atom stereocenters. The van der Waals surface area contributed by atoms with Crippen molar-refractivity contribution in [1.29, 1.82) is 0 Å². The zero-order chi connectivity index (χ0) is 14.0. The molecule has 98 valence electrons. The van der Waals surface area contributed by atoms with E-state index < -0.39 is 16.8 Å². The van der Waals surface area contributed by atoms with Crippen LogP contribution in [0.3, 0.4) is 0 Å². The second-order valence-electron chi connectivity index (χ2n) is 3.86. The molecular weight excluding hydrogens is 254 g/mol. The van der Waals surface area contributed by atoms with Gasteiger partial charge in [0, 0.05) is 6.07 Å². The van der Waals surface area contributed by atoms with E-state index in [1.807, 2.05) is 0 Å². The molecule has 1 N–H and O–H groups in total. The molecular formula is C11H9N3O5. The lowest BCUT2D eigenvalue weighted by molar-refractivity contribution is -0.384. The van der Waals surface area contributed by atoms with Gasteiger partial charge in [0.05, 0.1) is 23.5 Å². The molecule has 1 aromatic rings. The van der Waals surface area contributed by atoms with Gasteiger partial charge in [-0.15, -0.1) is 0 Å². The van der Waals surface area contributed by atoms with Gasteiger partial charge in [-0.3, -0.25) is 19.7 Å². The average Bonchev–Trinajstić information content (AvgIpc) is 2.69. The Hall–Kier alpha value is -2.77. The van der Waals surface area contributed by atoms with Crippen molar-refractivity contribution in [1.82, 2.24) is 0 Å². The van der Waals surface area contributed by atoms with Crippen LogP contribution in [0, 0.1) is 10.1 Å². The first-order chi connectivity index (χ1) is 8.99.